The highest BCUT2D eigenvalue weighted by Gasteiger charge is 2.16. The van der Waals surface area contributed by atoms with Gasteiger partial charge in [0.1, 0.15) is 5.56 Å². The number of tetrazole rings is 1. The van der Waals surface area contributed by atoms with E-state index < -0.39 is 11.5 Å². The lowest BCUT2D eigenvalue weighted by atomic mass is 10.0. The maximum absolute atomic E-state index is 12.0. The van der Waals surface area contributed by atoms with Gasteiger partial charge in [-0.3, -0.25) is 4.79 Å². The number of carbonyl (C=O) groups is 1. The van der Waals surface area contributed by atoms with Crippen LogP contribution in [0.1, 0.15) is 22.8 Å². The Morgan fingerprint density at radius 3 is 2.48 bits per heavy atom. The molecule has 2 aromatic heterocycles. The van der Waals surface area contributed by atoms with E-state index >= 15 is 0 Å². The second kappa shape index (κ2) is 5.84. The zero-order valence-corrected chi connectivity index (χ0v) is 12.2. The van der Waals surface area contributed by atoms with Gasteiger partial charge >= 0.3 is 5.97 Å². The van der Waals surface area contributed by atoms with E-state index in [1.165, 1.54) is 0 Å². The molecule has 0 aliphatic heterocycles. The number of aromatic nitrogens is 5. The summed E-state index contributed by atoms with van der Waals surface area (Å²) in [4.78, 5) is 25.8. The molecular weight excluding hydrogens is 298 g/mol. The molecule has 23 heavy (non-hydrogen) atoms. The molecule has 0 saturated carbocycles. The summed E-state index contributed by atoms with van der Waals surface area (Å²) in [5.41, 5.74) is 1.80. The van der Waals surface area contributed by atoms with Crippen LogP contribution in [0.5, 0.6) is 0 Å². The van der Waals surface area contributed by atoms with Gasteiger partial charge in [-0.05, 0) is 28.8 Å². The Morgan fingerprint density at radius 2 is 1.91 bits per heavy atom. The molecule has 2 heterocycles. The van der Waals surface area contributed by atoms with Crippen molar-refractivity contribution in [1.29, 1.82) is 0 Å². The first-order chi connectivity index (χ1) is 11.1. The van der Waals surface area contributed by atoms with Crippen molar-refractivity contribution in [2.45, 2.75) is 13.3 Å². The number of pyridine rings is 1. The first-order valence-electron chi connectivity index (χ1n) is 6.94. The number of hydrogen-bond donors (Lipinski definition) is 3. The number of aromatic carboxylic acids is 1. The van der Waals surface area contributed by atoms with Gasteiger partial charge in [-0.1, -0.05) is 31.2 Å². The summed E-state index contributed by atoms with van der Waals surface area (Å²) in [6, 6.07) is 8.90. The number of aromatic amines is 2. The normalized spacial score (nSPS) is 10.7. The maximum Gasteiger partial charge on any atom is 0.341 e. The molecule has 0 atom stereocenters. The zero-order valence-electron chi connectivity index (χ0n) is 12.2. The molecule has 0 aliphatic rings. The molecule has 1 aromatic carbocycles. The third kappa shape index (κ3) is 2.73. The van der Waals surface area contributed by atoms with E-state index in [1.807, 2.05) is 6.92 Å². The van der Waals surface area contributed by atoms with Crippen molar-refractivity contribution >= 4 is 5.97 Å². The van der Waals surface area contributed by atoms with Gasteiger partial charge in [-0.25, -0.2) is 4.79 Å². The highest BCUT2D eigenvalue weighted by molar-refractivity contribution is 5.89. The van der Waals surface area contributed by atoms with E-state index in [1.54, 1.807) is 30.3 Å². The lowest BCUT2D eigenvalue weighted by Gasteiger charge is -2.07. The average Bonchev–Trinajstić information content (AvgIpc) is 3.08. The van der Waals surface area contributed by atoms with Gasteiger partial charge in [0, 0.05) is 11.3 Å². The molecule has 0 aliphatic carbocycles. The van der Waals surface area contributed by atoms with E-state index in [0.29, 0.717) is 23.5 Å². The summed E-state index contributed by atoms with van der Waals surface area (Å²) in [5, 5.41) is 22.8. The molecule has 8 nitrogen and oxygen atoms in total. The van der Waals surface area contributed by atoms with Crippen LogP contribution in [-0.2, 0) is 6.42 Å². The van der Waals surface area contributed by atoms with Crippen LogP contribution >= 0.6 is 0 Å². The highest BCUT2D eigenvalue weighted by atomic mass is 16.4. The van der Waals surface area contributed by atoms with Gasteiger partial charge in [-0.2, -0.15) is 5.21 Å². The molecule has 3 N–H and O–H groups in total. The number of nitrogens with zero attached hydrogens (tertiary/aromatic N) is 3. The molecule has 0 amide bonds. The standard InChI is InChI=1S/C15H13N5O3/c1-2-8-7-11(16-14(21)12(8)15(22)23)9-3-5-10(6-4-9)13-17-19-20-18-13/h3-7H,2H2,1H3,(H,16,21)(H,22,23)(H,17,18,19,20). The van der Waals surface area contributed by atoms with Crippen molar-refractivity contribution in [3.05, 3.63) is 51.8 Å². The zero-order chi connectivity index (χ0) is 16.4. The summed E-state index contributed by atoms with van der Waals surface area (Å²) in [5.74, 6) is -0.748. The van der Waals surface area contributed by atoms with Crippen LogP contribution in [-0.4, -0.2) is 36.7 Å². The average molecular weight is 311 g/mol. The molecule has 3 rings (SSSR count). The van der Waals surface area contributed by atoms with Gasteiger partial charge in [0.05, 0.1) is 0 Å². The van der Waals surface area contributed by atoms with Crippen LogP contribution < -0.4 is 5.56 Å². The minimum Gasteiger partial charge on any atom is -0.477 e. The Morgan fingerprint density at radius 1 is 1.22 bits per heavy atom. The van der Waals surface area contributed by atoms with Crippen LogP contribution in [0.3, 0.4) is 0 Å². The van der Waals surface area contributed by atoms with Crippen molar-refractivity contribution in [2.75, 3.05) is 0 Å². The van der Waals surface area contributed by atoms with Crippen LogP contribution in [0.2, 0.25) is 0 Å². The lowest BCUT2D eigenvalue weighted by molar-refractivity contribution is 0.0694. The molecule has 0 bridgehead atoms. The van der Waals surface area contributed by atoms with Crippen molar-refractivity contribution in [1.82, 2.24) is 25.6 Å². The summed E-state index contributed by atoms with van der Waals surface area (Å²) in [6.07, 6.45) is 0.458. The van der Waals surface area contributed by atoms with Crippen LogP contribution in [0.4, 0.5) is 0 Å². The number of nitrogens with one attached hydrogen (secondary N) is 2. The number of hydrogen-bond acceptors (Lipinski definition) is 5. The number of rotatable bonds is 4. The van der Waals surface area contributed by atoms with E-state index in [9.17, 15) is 9.59 Å². The summed E-state index contributed by atoms with van der Waals surface area (Å²) < 4.78 is 0. The smallest absolute Gasteiger partial charge is 0.341 e. The van der Waals surface area contributed by atoms with Crippen molar-refractivity contribution in [3.8, 4) is 22.6 Å². The predicted octanol–water partition coefficient (Wildman–Crippen LogP) is 1.48. The fourth-order valence-electron chi connectivity index (χ4n) is 2.36. The number of benzene rings is 1. The van der Waals surface area contributed by atoms with E-state index in [0.717, 1.165) is 11.1 Å². The molecule has 0 radical (unpaired) electrons. The SMILES string of the molecule is CCc1cc(-c2ccc(-c3nn[nH]n3)cc2)[nH]c(=O)c1C(=O)O. The van der Waals surface area contributed by atoms with Crippen molar-refractivity contribution in [3.63, 3.8) is 0 Å². The molecule has 0 unspecified atom stereocenters. The summed E-state index contributed by atoms with van der Waals surface area (Å²) >= 11 is 0. The quantitative estimate of drug-likeness (QED) is 0.670. The Kier molecular flexibility index (Phi) is 3.71. The van der Waals surface area contributed by atoms with Gasteiger partial charge in [-0.15, -0.1) is 10.2 Å². The monoisotopic (exact) mass is 311 g/mol. The third-order valence-corrected chi connectivity index (χ3v) is 3.51. The van der Waals surface area contributed by atoms with E-state index in [4.69, 9.17) is 5.11 Å². The Labute approximate surface area is 130 Å². The first-order valence-corrected chi connectivity index (χ1v) is 6.94. The predicted molar refractivity (Wildman–Crippen MR) is 82.0 cm³/mol. The van der Waals surface area contributed by atoms with E-state index in [-0.39, 0.29) is 5.56 Å². The number of H-pyrrole nitrogens is 2. The van der Waals surface area contributed by atoms with E-state index in [2.05, 4.69) is 25.6 Å². The molecule has 3 aromatic rings. The number of carboxylic acids is 1. The minimum absolute atomic E-state index is 0.209. The van der Waals surface area contributed by atoms with Gasteiger partial charge in [0.2, 0.25) is 5.82 Å². The largest absolute Gasteiger partial charge is 0.477 e. The molecule has 0 saturated heterocycles. The second-order valence-electron chi connectivity index (χ2n) is 4.88. The minimum atomic E-state index is -1.22. The Balaban J connectivity index is 2.04. The van der Waals surface area contributed by atoms with Crippen LogP contribution in [0, 0.1) is 0 Å². The van der Waals surface area contributed by atoms with Gasteiger partial charge in [0.15, 0.2) is 0 Å². The number of aryl methyl sites for hydroxylation is 1. The molecule has 8 heteroatoms. The van der Waals surface area contributed by atoms with Crippen LogP contribution in [0.15, 0.2) is 35.1 Å². The third-order valence-electron chi connectivity index (χ3n) is 3.51. The van der Waals surface area contributed by atoms with Gasteiger partial charge in [0.25, 0.3) is 5.56 Å². The van der Waals surface area contributed by atoms with Crippen molar-refractivity contribution in [2.24, 2.45) is 0 Å². The maximum atomic E-state index is 12.0. The lowest BCUT2D eigenvalue weighted by Crippen LogP contribution is -2.20. The van der Waals surface area contributed by atoms with Crippen LogP contribution in [0.25, 0.3) is 22.6 Å². The summed E-state index contributed by atoms with van der Waals surface area (Å²) in [7, 11) is 0. The molecule has 0 fully saturated rings. The second-order valence-corrected chi connectivity index (χ2v) is 4.88. The number of carboxylic acid groups (broad SMARTS) is 1. The topological polar surface area (TPSA) is 125 Å². The Hall–Kier alpha value is -3.29. The fraction of sp³-hybridized carbons (Fsp3) is 0.133. The first kappa shape index (κ1) is 14.6. The van der Waals surface area contributed by atoms with Crippen molar-refractivity contribution < 1.29 is 9.90 Å². The summed E-state index contributed by atoms with van der Waals surface area (Å²) in [6.45, 7) is 1.81. The van der Waals surface area contributed by atoms with Gasteiger partial charge < -0.3 is 10.1 Å². The Bertz CT molecular complexity index is 898. The fourth-order valence-corrected chi connectivity index (χ4v) is 2.36. The highest BCUT2D eigenvalue weighted by Crippen LogP contribution is 2.22. The molecule has 116 valence electrons. The molecular formula is C15H13N5O3. The molecule has 0 spiro atoms.